The Morgan fingerprint density at radius 2 is 1.96 bits per heavy atom. The quantitative estimate of drug-likeness (QED) is 0.834. The molecule has 2 amide bonds. The lowest BCUT2D eigenvalue weighted by atomic mass is 10.2. The van der Waals surface area contributed by atoms with Crippen LogP contribution in [0.2, 0.25) is 0 Å². The van der Waals surface area contributed by atoms with Gasteiger partial charge in [-0.05, 0) is 37.5 Å². The number of amides is 2. The molecule has 0 saturated heterocycles. The first kappa shape index (κ1) is 18.0. The Labute approximate surface area is 146 Å². The third-order valence-electron chi connectivity index (χ3n) is 3.59. The second-order valence-corrected chi connectivity index (χ2v) is 6.72. The predicted octanol–water partition coefficient (Wildman–Crippen LogP) is 3.87. The van der Waals surface area contributed by atoms with Crippen molar-refractivity contribution in [3.63, 3.8) is 0 Å². The van der Waals surface area contributed by atoms with Crippen LogP contribution < -0.4 is 10.6 Å². The van der Waals surface area contributed by atoms with E-state index in [-0.39, 0.29) is 12.5 Å². The number of alkyl carbamates (subject to hydrolysis) is 1. The molecule has 2 rings (SSSR count). The van der Waals surface area contributed by atoms with Crippen LogP contribution in [0.5, 0.6) is 0 Å². The van der Waals surface area contributed by atoms with Crippen molar-refractivity contribution in [2.75, 3.05) is 5.32 Å². The van der Waals surface area contributed by atoms with Gasteiger partial charge in [-0.3, -0.25) is 4.79 Å². The second-order valence-electron chi connectivity index (χ2n) is 5.46. The molecular formula is C18H22N2O3S. The lowest BCUT2D eigenvalue weighted by Crippen LogP contribution is -2.41. The summed E-state index contributed by atoms with van der Waals surface area (Å²) >= 11 is 1.54. The van der Waals surface area contributed by atoms with Gasteiger partial charge in [0.15, 0.2) is 0 Å². The van der Waals surface area contributed by atoms with E-state index in [0.29, 0.717) is 0 Å². The Kier molecular flexibility index (Phi) is 6.37. The topological polar surface area (TPSA) is 67.4 Å². The highest BCUT2D eigenvalue weighted by atomic mass is 32.1. The predicted molar refractivity (Wildman–Crippen MR) is 96.3 cm³/mol. The molecule has 5 nitrogen and oxygen atoms in total. The third-order valence-corrected chi connectivity index (χ3v) is 4.60. The molecule has 0 spiro atoms. The van der Waals surface area contributed by atoms with Crippen LogP contribution in [0, 0.1) is 6.92 Å². The van der Waals surface area contributed by atoms with Crippen molar-refractivity contribution in [3.05, 3.63) is 52.4 Å². The normalized spacial score (nSPS) is 11.6. The van der Waals surface area contributed by atoms with Crippen molar-refractivity contribution in [1.29, 1.82) is 0 Å². The zero-order valence-corrected chi connectivity index (χ0v) is 14.9. The fourth-order valence-electron chi connectivity index (χ4n) is 2.17. The summed E-state index contributed by atoms with van der Waals surface area (Å²) in [5, 5.41) is 6.15. The van der Waals surface area contributed by atoms with E-state index in [1.165, 1.54) is 21.8 Å². The maximum atomic E-state index is 12.2. The maximum absolute atomic E-state index is 12.2. The molecule has 0 saturated carbocycles. The van der Waals surface area contributed by atoms with E-state index >= 15 is 0 Å². The van der Waals surface area contributed by atoms with Crippen LogP contribution in [0.4, 0.5) is 9.80 Å². The molecule has 24 heavy (non-hydrogen) atoms. The van der Waals surface area contributed by atoms with Crippen LogP contribution in [0.1, 0.15) is 29.9 Å². The van der Waals surface area contributed by atoms with Gasteiger partial charge in [0.25, 0.3) is 0 Å². The average Bonchev–Trinajstić information content (AvgIpc) is 2.93. The number of hydrogen-bond donors (Lipinski definition) is 2. The number of benzene rings is 1. The van der Waals surface area contributed by atoms with Gasteiger partial charge in [-0.25, -0.2) is 4.79 Å². The van der Waals surface area contributed by atoms with Gasteiger partial charge >= 0.3 is 6.09 Å². The van der Waals surface area contributed by atoms with Gasteiger partial charge in [-0.2, -0.15) is 0 Å². The Morgan fingerprint density at radius 3 is 2.58 bits per heavy atom. The standard InChI is InChI=1S/C18H22N2O3S/c1-4-15-10-16(24-13(15)3)20-17(21)12(2)19-18(22)23-11-14-8-6-5-7-9-14/h5-10,12H,4,11H2,1-3H3,(H,19,22)(H,20,21)/t12-/m0/s1. The summed E-state index contributed by atoms with van der Waals surface area (Å²) in [6.45, 7) is 5.90. The van der Waals surface area contributed by atoms with E-state index in [2.05, 4.69) is 17.6 Å². The van der Waals surface area contributed by atoms with Crippen LogP contribution in [0.15, 0.2) is 36.4 Å². The minimum Gasteiger partial charge on any atom is -0.445 e. The van der Waals surface area contributed by atoms with Gasteiger partial charge in [0.2, 0.25) is 5.91 Å². The van der Waals surface area contributed by atoms with Gasteiger partial charge in [0.1, 0.15) is 12.6 Å². The lowest BCUT2D eigenvalue weighted by Gasteiger charge is -2.13. The van der Waals surface area contributed by atoms with Crippen molar-refractivity contribution in [3.8, 4) is 0 Å². The number of anilines is 1. The van der Waals surface area contributed by atoms with E-state index in [4.69, 9.17) is 4.74 Å². The first-order chi connectivity index (χ1) is 11.5. The number of aryl methyl sites for hydroxylation is 2. The minimum absolute atomic E-state index is 0.172. The van der Waals surface area contributed by atoms with E-state index in [1.807, 2.05) is 43.3 Å². The van der Waals surface area contributed by atoms with Crippen LogP contribution in [0.25, 0.3) is 0 Å². The number of hydrogen-bond acceptors (Lipinski definition) is 4. The fraction of sp³-hybridized carbons (Fsp3) is 0.333. The number of thiophene rings is 1. The molecule has 1 atom stereocenters. The number of ether oxygens (including phenoxy) is 1. The van der Waals surface area contributed by atoms with Crippen molar-refractivity contribution in [2.45, 2.75) is 39.8 Å². The molecule has 0 aliphatic rings. The highest BCUT2D eigenvalue weighted by molar-refractivity contribution is 7.16. The van der Waals surface area contributed by atoms with Gasteiger partial charge in [-0.1, -0.05) is 37.3 Å². The monoisotopic (exact) mass is 346 g/mol. The van der Waals surface area contributed by atoms with Crippen LogP contribution in [0.3, 0.4) is 0 Å². The molecule has 2 aromatic rings. The highest BCUT2D eigenvalue weighted by Gasteiger charge is 2.17. The van der Waals surface area contributed by atoms with Crippen molar-refractivity contribution in [2.24, 2.45) is 0 Å². The summed E-state index contributed by atoms with van der Waals surface area (Å²) in [4.78, 5) is 25.1. The van der Waals surface area contributed by atoms with E-state index < -0.39 is 12.1 Å². The van der Waals surface area contributed by atoms with E-state index in [9.17, 15) is 9.59 Å². The van der Waals surface area contributed by atoms with Gasteiger partial charge in [-0.15, -0.1) is 11.3 Å². The van der Waals surface area contributed by atoms with Crippen molar-refractivity contribution in [1.82, 2.24) is 5.32 Å². The number of carbonyl (C=O) groups excluding carboxylic acids is 2. The zero-order chi connectivity index (χ0) is 17.5. The summed E-state index contributed by atoms with van der Waals surface area (Å²) in [7, 11) is 0. The van der Waals surface area contributed by atoms with Gasteiger partial charge in [0.05, 0.1) is 5.00 Å². The Bertz CT molecular complexity index is 698. The first-order valence-electron chi connectivity index (χ1n) is 7.87. The number of carbonyl (C=O) groups is 2. The molecule has 1 heterocycles. The average molecular weight is 346 g/mol. The zero-order valence-electron chi connectivity index (χ0n) is 14.1. The molecule has 1 aromatic carbocycles. The largest absolute Gasteiger partial charge is 0.445 e. The molecule has 0 radical (unpaired) electrons. The van der Waals surface area contributed by atoms with Crippen LogP contribution in [-0.2, 0) is 22.6 Å². The molecule has 0 unspecified atom stereocenters. The summed E-state index contributed by atoms with van der Waals surface area (Å²) in [5.41, 5.74) is 2.11. The van der Waals surface area contributed by atoms with Crippen molar-refractivity contribution < 1.29 is 14.3 Å². The first-order valence-corrected chi connectivity index (χ1v) is 8.68. The molecular weight excluding hydrogens is 324 g/mol. The molecule has 0 aliphatic carbocycles. The summed E-state index contributed by atoms with van der Waals surface area (Å²) in [6, 6.07) is 10.7. The van der Waals surface area contributed by atoms with Crippen molar-refractivity contribution >= 4 is 28.3 Å². The molecule has 128 valence electrons. The molecule has 6 heteroatoms. The minimum atomic E-state index is -0.680. The number of rotatable bonds is 6. The lowest BCUT2D eigenvalue weighted by molar-refractivity contribution is -0.117. The smallest absolute Gasteiger partial charge is 0.408 e. The van der Waals surface area contributed by atoms with Crippen LogP contribution >= 0.6 is 11.3 Å². The fourth-order valence-corrected chi connectivity index (χ4v) is 3.19. The molecule has 1 aromatic heterocycles. The Balaban J connectivity index is 1.81. The molecule has 0 bridgehead atoms. The maximum Gasteiger partial charge on any atom is 0.408 e. The van der Waals surface area contributed by atoms with Gasteiger partial charge in [0, 0.05) is 4.88 Å². The highest BCUT2D eigenvalue weighted by Crippen LogP contribution is 2.26. The van der Waals surface area contributed by atoms with E-state index in [1.54, 1.807) is 6.92 Å². The molecule has 2 N–H and O–H groups in total. The summed E-state index contributed by atoms with van der Waals surface area (Å²) in [6.07, 6.45) is 0.316. The van der Waals surface area contributed by atoms with Gasteiger partial charge < -0.3 is 15.4 Å². The SMILES string of the molecule is CCc1cc(NC(=O)[C@H](C)NC(=O)OCc2ccccc2)sc1C. The molecule has 0 aliphatic heterocycles. The Morgan fingerprint density at radius 1 is 1.25 bits per heavy atom. The second kappa shape index (κ2) is 8.49. The van der Waals surface area contributed by atoms with Crippen LogP contribution in [-0.4, -0.2) is 18.0 Å². The van der Waals surface area contributed by atoms with E-state index in [0.717, 1.165) is 17.0 Å². The summed E-state index contributed by atoms with van der Waals surface area (Å²) in [5.74, 6) is -0.268. The third kappa shape index (κ3) is 5.09. The Hall–Kier alpha value is -2.34. The summed E-state index contributed by atoms with van der Waals surface area (Å²) < 4.78 is 5.11. The number of nitrogens with one attached hydrogen (secondary N) is 2. The molecule has 0 fully saturated rings.